The molecule has 1 atom stereocenters. The maximum absolute atomic E-state index is 13.9. The van der Waals surface area contributed by atoms with E-state index in [9.17, 15) is 13.6 Å². The zero-order valence-corrected chi connectivity index (χ0v) is 13.8. The zero-order valence-electron chi connectivity index (χ0n) is 13.8. The molecular weight excluding hydrogens is 312 g/mol. The van der Waals surface area contributed by atoms with Crippen molar-refractivity contribution in [1.82, 2.24) is 15.2 Å². The van der Waals surface area contributed by atoms with E-state index in [0.717, 1.165) is 5.57 Å². The molecule has 1 aromatic heterocycles. The van der Waals surface area contributed by atoms with Crippen LogP contribution in [0.2, 0.25) is 0 Å². The van der Waals surface area contributed by atoms with Gasteiger partial charge in [0.15, 0.2) is 11.6 Å². The molecule has 1 aliphatic rings. The van der Waals surface area contributed by atoms with Crippen LogP contribution in [0.5, 0.6) is 0 Å². The molecule has 0 saturated carbocycles. The number of aromatic amines is 1. The molecule has 2 N–H and O–H groups in total. The second-order valence-electron chi connectivity index (χ2n) is 5.93. The van der Waals surface area contributed by atoms with Crippen LogP contribution in [0.1, 0.15) is 19.4 Å². The van der Waals surface area contributed by atoms with Crippen molar-refractivity contribution >= 4 is 22.4 Å². The molecule has 0 radical (unpaired) electrons. The lowest BCUT2D eigenvalue weighted by molar-refractivity contribution is -0.133. The van der Waals surface area contributed by atoms with Crippen molar-refractivity contribution in [2.45, 2.75) is 13.8 Å². The average molecular weight is 333 g/mol. The Morgan fingerprint density at radius 2 is 2.08 bits per heavy atom. The average Bonchev–Trinajstić information content (AvgIpc) is 3.09. The first-order valence-corrected chi connectivity index (χ1v) is 8.22. The number of rotatable bonds is 4. The first-order valence-electron chi connectivity index (χ1n) is 8.22. The Bertz CT molecular complexity index is 793. The lowest BCUT2D eigenvalue weighted by atomic mass is 9.94. The van der Waals surface area contributed by atoms with Crippen molar-refractivity contribution in [2.24, 2.45) is 5.92 Å². The number of nitrogens with one attached hydrogen (secondary N) is 2. The van der Waals surface area contributed by atoms with Crippen LogP contribution < -0.4 is 5.32 Å². The molecule has 1 aliphatic heterocycles. The topological polar surface area (TPSA) is 48.1 Å². The van der Waals surface area contributed by atoms with Gasteiger partial charge in [0, 0.05) is 43.3 Å². The number of carbonyl (C=O) groups is 1. The largest absolute Gasteiger partial charge is 0.361 e. The molecule has 2 aromatic rings. The molecule has 2 heterocycles. The van der Waals surface area contributed by atoms with Crippen LogP contribution in [0.3, 0.4) is 0 Å². The molecule has 4 nitrogen and oxygen atoms in total. The third-order valence-corrected chi connectivity index (χ3v) is 4.55. The minimum Gasteiger partial charge on any atom is -0.361 e. The van der Waals surface area contributed by atoms with E-state index < -0.39 is 11.6 Å². The predicted octanol–water partition coefficient (Wildman–Crippen LogP) is 2.92. The van der Waals surface area contributed by atoms with Gasteiger partial charge in [-0.1, -0.05) is 6.08 Å². The molecule has 1 amide bonds. The van der Waals surface area contributed by atoms with E-state index in [4.69, 9.17) is 0 Å². The molecule has 0 bridgehead atoms. The summed E-state index contributed by atoms with van der Waals surface area (Å²) >= 11 is 0. The Morgan fingerprint density at radius 1 is 1.33 bits per heavy atom. The fraction of sp³-hybridized carbons (Fsp3) is 0.389. The zero-order chi connectivity index (χ0) is 17.3. The maximum atomic E-state index is 13.9. The van der Waals surface area contributed by atoms with Gasteiger partial charge in [-0.2, -0.15) is 0 Å². The summed E-state index contributed by atoms with van der Waals surface area (Å²) in [6.45, 7) is 6.26. The first kappa shape index (κ1) is 16.6. The van der Waals surface area contributed by atoms with Crippen LogP contribution in [-0.2, 0) is 4.79 Å². The molecule has 0 saturated heterocycles. The van der Waals surface area contributed by atoms with Crippen molar-refractivity contribution < 1.29 is 13.6 Å². The highest BCUT2D eigenvalue weighted by Gasteiger charge is 2.25. The second-order valence-corrected chi connectivity index (χ2v) is 5.93. The first-order chi connectivity index (χ1) is 11.6. The van der Waals surface area contributed by atoms with Crippen LogP contribution in [0.4, 0.5) is 8.78 Å². The van der Waals surface area contributed by atoms with Crippen molar-refractivity contribution in [2.75, 3.05) is 26.2 Å². The highest BCUT2D eigenvalue weighted by molar-refractivity contribution is 5.94. The van der Waals surface area contributed by atoms with Crippen LogP contribution in [0.15, 0.2) is 24.4 Å². The minimum atomic E-state index is -0.879. The standard InChI is InChI=1S/C18H21F2N3O/c1-3-23(4-2)18(24)12-7-11(9-21-10-12)14-8-15(19)16(20)13-5-6-22-17(13)14/h5-8,12,21-22H,3-4,9-10H2,1-2H3/t12-/m1/s1. The van der Waals surface area contributed by atoms with Crippen molar-refractivity contribution in [3.05, 3.63) is 41.6 Å². The molecule has 0 unspecified atom stereocenters. The van der Waals surface area contributed by atoms with Crippen LogP contribution in [-0.4, -0.2) is 42.0 Å². The molecule has 128 valence electrons. The Balaban J connectivity index is 2.02. The summed E-state index contributed by atoms with van der Waals surface area (Å²) in [6.07, 6.45) is 3.47. The van der Waals surface area contributed by atoms with E-state index >= 15 is 0 Å². The molecule has 1 aromatic carbocycles. The van der Waals surface area contributed by atoms with Gasteiger partial charge in [0.25, 0.3) is 0 Å². The van der Waals surface area contributed by atoms with Gasteiger partial charge in [-0.15, -0.1) is 0 Å². The number of carbonyl (C=O) groups excluding carboxylic acids is 1. The monoisotopic (exact) mass is 333 g/mol. The molecule has 6 heteroatoms. The highest BCUT2D eigenvalue weighted by atomic mass is 19.2. The van der Waals surface area contributed by atoms with Gasteiger partial charge in [-0.3, -0.25) is 4.79 Å². The lowest BCUT2D eigenvalue weighted by Gasteiger charge is -2.27. The van der Waals surface area contributed by atoms with Gasteiger partial charge >= 0.3 is 0 Å². The summed E-state index contributed by atoms with van der Waals surface area (Å²) < 4.78 is 27.8. The van der Waals surface area contributed by atoms with Gasteiger partial charge < -0.3 is 15.2 Å². The Kier molecular flexibility index (Phi) is 4.66. The van der Waals surface area contributed by atoms with Crippen molar-refractivity contribution in [3.8, 4) is 0 Å². The third kappa shape index (κ3) is 2.82. The summed E-state index contributed by atoms with van der Waals surface area (Å²) in [4.78, 5) is 17.3. The fourth-order valence-corrected chi connectivity index (χ4v) is 3.26. The summed E-state index contributed by atoms with van der Waals surface area (Å²) in [5.74, 6) is -1.98. The summed E-state index contributed by atoms with van der Waals surface area (Å²) in [7, 11) is 0. The van der Waals surface area contributed by atoms with E-state index in [-0.39, 0.29) is 17.2 Å². The third-order valence-electron chi connectivity index (χ3n) is 4.55. The van der Waals surface area contributed by atoms with Crippen molar-refractivity contribution in [1.29, 1.82) is 0 Å². The molecular formula is C18H21F2N3O. The quantitative estimate of drug-likeness (QED) is 0.904. The van der Waals surface area contributed by atoms with Crippen molar-refractivity contribution in [3.63, 3.8) is 0 Å². The smallest absolute Gasteiger partial charge is 0.230 e. The van der Waals surface area contributed by atoms with E-state index in [0.29, 0.717) is 37.3 Å². The van der Waals surface area contributed by atoms with E-state index in [1.807, 2.05) is 19.9 Å². The Morgan fingerprint density at radius 3 is 2.79 bits per heavy atom. The van der Waals surface area contributed by atoms with Crippen LogP contribution in [0, 0.1) is 17.6 Å². The fourth-order valence-electron chi connectivity index (χ4n) is 3.26. The number of nitrogens with zero attached hydrogens (tertiary/aromatic N) is 1. The van der Waals surface area contributed by atoms with Gasteiger partial charge in [0.1, 0.15) is 0 Å². The van der Waals surface area contributed by atoms with Crippen LogP contribution >= 0.6 is 0 Å². The number of aromatic nitrogens is 1. The molecule has 3 rings (SSSR count). The molecule has 24 heavy (non-hydrogen) atoms. The number of H-pyrrole nitrogens is 1. The summed E-state index contributed by atoms with van der Waals surface area (Å²) in [5, 5.41) is 3.44. The van der Waals surface area contributed by atoms with E-state index in [1.54, 1.807) is 11.1 Å². The highest BCUT2D eigenvalue weighted by Crippen LogP contribution is 2.30. The van der Waals surface area contributed by atoms with Gasteiger partial charge in [0.2, 0.25) is 5.91 Å². The lowest BCUT2D eigenvalue weighted by Crippen LogP contribution is -2.41. The SMILES string of the molecule is CCN(CC)C(=O)[C@@H]1C=C(c2cc(F)c(F)c3cc[nH]c23)CNC1. The second kappa shape index (κ2) is 6.73. The Labute approximate surface area is 139 Å². The number of amides is 1. The Hall–Kier alpha value is -2.21. The molecule has 0 fully saturated rings. The van der Waals surface area contributed by atoms with E-state index in [1.165, 1.54) is 12.1 Å². The van der Waals surface area contributed by atoms with Gasteiger partial charge in [0.05, 0.1) is 11.4 Å². The minimum absolute atomic E-state index is 0.0509. The number of hydrogen-bond donors (Lipinski definition) is 2. The van der Waals surface area contributed by atoms with E-state index in [2.05, 4.69) is 10.3 Å². The maximum Gasteiger partial charge on any atom is 0.230 e. The summed E-state index contributed by atoms with van der Waals surface area (Å²) in [6, 6.07) is 2.72. The predicted molar refractivity (Wildman–Crippen MR) is 90.5 cm³/mol. The number of fused-ring (bicyclic) bond motifs is 1. The summed E-state index contributed by atoms with van der Waals surface area (Å²) in [5.41, 5.74) is 1.95. The number of hydrogen-bond acceptors (Lipinski definition) is 2. The molecule has 0 aliphatic carbocycles. The normalized spacial score (nSPS) is 17.8. The van der Waals surface area contributed by atoms with Gasteiger partial charge in [-0.25, -0.2) is 8.78 Å². The van der Waals surface area contributed by atoms with Crippen LogP contribution in [0.25, 0.3) is 16.5 Å². The number of halogens is 2. The van der Waals surface area contributed by atoms with Gasteiger partial charge in [-0.05, 0) is 31.6 Å². The number of benzene rings is 1. The molecule has 0 spiro atoms.